The Morgan fingerprint density at radius 2 is 2.50 bits per heavy atom. The first-order valence-corrected chi connectivity index (χ1v) is 3.42. The molecule has 0 radical (unpaired) electrons. The molecule has 0 fully saturated rings. The van der Waals surface area contributed by atoms with Crippen LogP contribution < -0.4 is 0 Å². The van der Waals surface area contributed by atoms with Gasteiger partial charge in [-0.2, -0.15) is 4.89 Å². The zero-order valence-corrected chi connectivity index (χ0v) is 5.52. The number of hydrogen-bond donors (Lipinski definition) is 1. The molecule has 46 valence electrons. The molecule has 0 aromatic carbocycles. The molecule has 0 spiro atoms. The maximum atomic E-state index is 9.98. The summed E-state index contributed by atoms with van der Waals surface area (Å²) in [5.41, 5.74) is 0. The average Bonchev–Trinajstić information content (AvgIpc) is 1.65. The van der Waals surface area contributed by atoms with Crippen LogP contribution in [-0.4, -0.2) is 18.2 Å². The minimum absolute atomic E-state index is 0.0336. The molecular weight excluding hydrogens is 127 g/mol. The van der Waals surface area contributed by atoms with Crippen molar-refractivity contribution in [2.24, 2.45) is 0 Å². The lowest BCUT2D eigenvalue weighted by Crippen LogP contribution is -1.85. The Balaban J connectivity index is 3.40. The Labute approximate surface area is 48.8 Å². The van der Waals surface area contributed by atoms with Crippen LogP contribution in [-0.2, 0) is 9.30 Å². The van der Waals surface area contributed by atoms with Crippen LogP contribution >= 0.6 is 8.03 Å². The lowest BCUT2D eigenvalue weighted by molar-refractivity contribution is 0.295. The predicted octanol–water partition coefficient (Wildman–Crippen LogP) is 0.881. The van der Waals surface area contributed by atoms with E-state index in [1.807, 2.05) is 0 Å². The summed E-state index contributed by atoms with van der Waals surface area (Å²) >= 11 is 0. The molecule has 0 aromatic rings. The summed E-state index contributed by atoms with van der Waals surface area (Å²) in [4.78, 5) is 8.22. The number of rotatable bonds is 3. The second-order valence-electron chi connectivity index (χ2n) is 1.25. The summed E-state index contributed by atoms with van der Waals surface area (Å²) in [7, 11) is -0.702. The Hall–Kier alpha value is -0.400. The number of hydrogen-bond acceptors (Lipinski definition) is 2. The standard InChI is InChI=1S/C4H7O3P/c1-4(7-2)3-8(5)6/h1,3H2,2H3/p+1. The molecule has 0 aliphatic rings. The normalized spacial score (nSPS) is 10.5. The zero-order valence-electron chi connectivity index (χ0n) is 4.63. The summed E-state index contributed by atoms with van der Waals surface area (Å²) in [5.74, 6) is 0.341. The van der Waals surface area contributed by atoms with Crippen molar-refractivity contribution in [2.75, 3.05) is 13.3 Å². The van der Waals surface area contributed by atoms with Crippen molar-refractivity contribution in [3.8, 4) is 0 Å². The molecule has 0 aliphatic heterocycles. The molecule has 1 N–H and O–H groups in total. The fraction of sp³-hybridized carbons (Fsp3) is 0.500. The van der Waals surface area contributed by atoms with E-state index in [1.165, 1.54) is 7.11 Å². The second kappa shape index (κ2) is 3.58. The number of methoxy groups -OCH3 is 1. The monoisotopic (exact) mass is 135 g/mol. The van der Waals surface area contributed by atoms with Crippen molar-refractivity contribution in [3.05, 3.63) is 12.3 Å². The highest BCUT2D eigenvalue weighted by Gasteiger charge is 2.11. The molecule has 0 heterocycles. The summed E-state index contributed by atoms with van der Waals surface area (Å²) in [6.07, 6.45) is 0.0336. The highest BCUT2D eigenvalue weighted by molar-refractivity contribution is 7.38. The van der Waals surface area contributed by atoms with Crippen LogP contribution in [0.1, 0.15) is 0 Å². The molecule has 0 rings (SSSR count). The lowest BCUT2D eigenvalue weighted by atomic mass is 10.7. The highest BCUT2D eigenvalue weighted by atomic mass is 31.1. The van der Waals surface area contributed by atoms with Crippen molar-refractivity contribution in [3.63, 3.8) is 0 Å². The van der Waals surface area contributed by atoms with E-state index in [1.54, 1.807) is 0 Å². The van der Waals surface area contributed by atoms with E-state index in [-0.39, 0.29) is 6.16 Å². The van der Waals surface area contributed by atoms with E-state index in [9.17, 15) is 4.57 Å². The van der Waals surface area contributed by atoms with Gasteiger partial charge >= 0.3 is 8.03 Å². The van der Waals surface area contributed by atoms with Gasteiger partial charge in [-0.15, -0.1) is 0 Å². The summed E-state index contributed by atoms with van der Waals surface area (Å²) < 4.78 is 14.5. The van der Waals surface area contributed by atoms with E-state index >= 15 is 0 Å². The first-order chi connectivity index (χ1) is 3.66. The van der Waals surface area contributed by atoms with Crippen LogP contribution in [0.4, 0.5) is 0 Å². The molecule has 0 saturated carbocycles. The largest absolute Gasteiger partial charge is 0.513 e. The van der Waals surface area contributed by atoms with Crippen LogP contribution in [0.5, 0.6) is 0 Å². The van der Waals surface area contributed by atoms with E-state index in [0.717, 1.165) is 0 Å². The van der Waals surface area contributed by atoms with Gasteiger partial charge in [0.15, 0.2) is 0 Å². The molecule has 3 nitrogen and oxygen atoms in total. The maximum Gasteiger partial charge on any atom is 0.513 e. The predicted molar refractivity (Wildman–Crippen MR) is 30.8 cm³/mol. The van der Waals surface area contributed by atoms with Crippen molar-refractivity contribution >= 4 is 8.03 Å². The van der Waals surface area contributed by atoms with Gasteiger partial charge in [-0.1, -0.05) is 6.58 Å². The summed E-state index contributed by atoms with van der Waals surface area (Å²) in [6.45, 7) is 3.35. The molecule has 1 unspecified atom stereocenters. The fourth-order valence-corrected chi connectivity index (χ4v) is 0.646. The van der Waals surface area contributed by atoms with Crippen LogP contribution in [0.3, 0.4) is 0 Å². The van der Waals surface area contributed by atoms with E-state index in [2.05, 4.69) is 11.3 Å². The van der Waals surface area contributed by atoms with Crippen molar-refractivity contribution in [2.45, 2.75) is 0 Å². The van der Waals surface area contributed by atoms with Crippen molar-refractivity contribution in [1.82, 2.24) is 0 Å². The topological polar surface area (TPSA) is 46.5 Å². The first-order valence-electron chi connectivity index (χ1n) is 2.02. The van der Waals surface area contributed by atoms with Crippen LogP contribution in [0.2, 0.25) is 0 Å². The number of ether oxygens (including phenoxy) is 1. The maximum absolute atomic E-state index is 9.98. The minimum Gasteiger partial charge on any atom is -0.497 e. The molecule has 0 aromatic heterocycles. The third-order valence-corrected chi connectivity index (χ3v) is 1.22. The lowest BCUT2D eigenvalue weighted by Gasteiger charge is -1.90. The van der Waals surface area contributed by atoms with Crippen LogP contribution in [0.25, 0.3) is 0 Å². The van der Waals surface area contributed by atoms with Crippen LogP contribution in [0, 0.1) is 0 Å². The molecule has 1 atom stereocenters. The molecule has 0 bridgehead atoms. The third-order valence-electron chi connectivity index (χ3n) is 0.600. The van der Waals surface area contributed by atoms with Gasteiger partial charge in [0.1, 0.15) is 5.76 Å². The minimum atomic E-state index is -2.12. The quantitative estimate of drug-likeness (QED) is 0.461. The zero-order chi connectivity index (χ0) is 6.57. The van der Waals surface area contributed by atoms with Gasteiger partial charge < -0.3 is 4.74 Å². The third kappa shape index (κ3) is 3.78. The van der Waals surface area contributed by atoms with E-state index in [4.69, 9.17) is 4.89 Å². The first kappa shape index (κ1) is 7.60. The highest BCUT2D eigenvalue weighted by Crippen LogP contribution is 2.15. The second-order valence-corrected chi connectivity index (χ2v) is 2.27. The van der Waals surface area contributed by atoms with Crippen LogP contribution in [0.15, 0.2) is 12.3 Å². The van der Waals surface area contributed by atoms with E-state index in [0.29, 0.717) is 5.76 Å². The molecule has 8 heavy (non-hydrogen) atoms. The van der Waals surface area contributed by atoms with Gasteiger partial charge in [0, 0.05) is 0 Å². The average molecular weight is 135 g/mol. The van der Waals surface area contributed by atoms with E-state index < -0.39 is 8.03 Å². The molecule has 4 heteroatoms. The fourth-order valence-electron chi connectivity index (χ4n) is 0.215. The van der Waals surface area contributed by atoms with Gasteiger partial charge in [0.05, 0.1) is 7.11 Å². The summed E-state index contributed by atoms with van der Waals surface area (Å²) in [5, 5.41) is 0. The number of allylic oxidation sites excluding steroid dienone is 1. The van der Waals surface area contributed by atoms with Gasteiger partial charge in [0.2, 0.25) is 6.16 Å². The van der Waals surface area contributed by atoms with Gasteiger partial charge in [-0.05, 0) is 4.57 Å². The molecule has 0 amide bonds. The van der Waals surface area contributed by atoms with Gasteiger partial charge in [-0.3, -0.25) is 0 Å². The molecule has 0 aliphatic carbocycles. The Morgan fingerprint density at radius 3 is 2.62 bits per heavy atom. The molecular formula is C4H8O3P+. The van der Waals surface area contributed by atoms with Crippen molar-refractivity contribution < 1.29 is 14.2 Å². The van der Waals surface area contributed by atoms with Crippen molar-refractivity contribution in [1.29, 1.82) is 0 Å². The van der Waals surface area contributed by atoms with Gasteiger partial charge in [-0.25, -0.2) is 0 Å². The van der Waals surface area contributed by atoms with Gasteiger partial charge in [0.25, 0.3) is 0 Å². The Morgan fingerprint density at radius 1 is 2.00 bits per heavy atom. The Kier molecular flexibility index (Phi) is 3.40. The Bertz CT molecular complexity index is 110. The summed E-state index contributed by atoms with van der Waals surface area (Å²) in [6, 6.07) is 0. The molecule has 0 saturated heterocycles. The smallest absolute Gasteiger partial charge is 0.497 e. The SMILES string of the molecule is C=C(C[P+](=O)O)OC.